The summed E-state index contributed by atoms with van der Waals surface area (Å²) in [6.45, 7) is -0.409. The number of fused-ring (bicyclic) bond motifs is 1. The van der Waals surface area contributed by atoms with Gasteiger partial charge in [-0.15, -0.1) is 22.7 Å². The van der Waals surface area contributed by atoms with Crippen LogP contribution in [0.3, 0.4) is 0 Å². The number of ether oxygens (including phenoxy) is 1. The SMILES string of the molecule is OCC1O[C@@H](c2cc(Cc3cc4c(s3)CCC=C4)cs2)[C@H](O)C(O)[C@@H]1O. The van der Waals surface area contributed by atoms with Gasteiger partial charge in [0.2, 0.25) is 0 Å². The van der Waals surface area contributed by atoms with Gasteiger partial charge in [-0.05, 0) is 41.5 Å². The van der Waals surface area contributed by atoms with Crippen LogP contribution in [0.5, 0.6) is 0 Å². The first kappa shape index (κ1) is 18.3. The number of thiophene rings is 2. The lowest BCUT2D eigenvalue weighted by Crippen LogP contribution is -2.55. The van der Waals surface area contributed by atoms with Crippen LogP contribution in [0.2, 0.25) is 0 Å². The van der Waals surface area contributed by atoms with Gasteiger partial charge < -0.3 is 25.2 Å². The van der Waals surface area contributed by atoms with Crippen LogP contribution in [0.1, 0.15) is 38.3 Å². The van der Waals surface area contributed by atoms with Crippen molar-refractivity contribution in [3.05, 3.63) is 49.3 Å². The van der Waals surface area contributed by atoms with E-state index in [4.69, 9.17) is 4.74 Å². The van der Waals surface area contributed by atoms with Crippen molar-refractivity contribution in [1.29, 1.82) is 0 Å². The van der Waals surface area contributed by atoms with E-state index in [-0.39, 0.29) is 0 Å². The quantitative estimate of drug-likeness (QED) is 0.636. The van der Waals surface area contributed by atoms with Crippen LogP contribution >= 0.6 is 22.7 Å². The van der Waals surface area contributed by atoms with Gasteiger partial charge in [0.05, 0.1) is 6.61 Å². The summed E-state index contributed by atoms with van der Waals surface area (Å²) in [5, 5.41) is 41.5. The summed E-state index contributed by atoms with van der Waals surface area (Å²) in [6, 6.07) is 4.22. The Bertz CT molecular complexity index is 794. The molecule has 1 aliphatic heterocycles. The first-order chi connectivity index (χ1) is 12.6. The Labute approximate surface area is 159 Å². The molecule has 4 N–H and O–H groups in total. The van der Waals surface area contributed by atoms with Crippen molar-refractivity contribution in [2.75, 3.05) is 6.61 Å². The highest BCUT2D eigenvalue weighted by Crippen LogP contribution is 2.37. The lowest BCUT2D eigenvalue weighted by atomic mass is 9.94. The van der Waals surface area contributed by atoms with Gasteiger partial charge in [0, 0.05) is 21.1 Å². The lowest BCUT2D eigenvalue weighted by molar-refractivity contribution is -0.230. The van der Waals surface area contributed by atoms with E-state index in [1.165, 1.54) is 26.7 Å². The fourth-order valence-corrected chi connectivity index (χ4v) is 5.72. The lowest BCUT2D eigenvalue weighted by Gasteiger charge is -2.39. The average molecular weight is 395 g/mol. The second-order valence-electron chi connectivity index (χ2n) is 6.82. The molecule has 0 bridgehead atoms. The first-order valence-corrected chi connectivity index (χ1v) is 10.4. The Balaban J connectivity index is 1.50. The summed E-state index contributed by atoms with van der Waals surface area (Å²) in [5.74, 6) is 0. The third-order valence-corrected chi connectivity index (χ3v) is 7.21. The topological polar surface area (TPSA) is 90.2 Å². The fraction of sp³-hybridized carbons (Fsp3) is 0.474. The van der Waals surface area contributed by atoms with Crippen LogP contribution in [-0.2, 0) is 17.6 Å². The number of rotatable bonds is 4. The van der Waals surface area contributed by atoms with Crippen molar-refractivity contribution in [2.24, 2.45) is 0 Å². The van der Waals surface area contributed by atoms with Crippen molar-refractivity contribution in [1.82, 2.24) is 0 Å². The second kappa shape index (κ2) is 7.52. The molecule has 1 saturated heterocycles. The Morgan fingerprint density at radius 1 is 1.12 bits per heavy atom. The molecule has 7 heteroatoms. The van der Waals surface area contributed by atoms with Crippen LogP contribution < -0.4 is 0 Å². The normalized spacial score (nSPS) is 31.2. The predicted molar refractivity (Wildman–Crippen MR) is 102 cm³/mol. The average Bonchev–Trinajstić information content (AvgIpc) is 3.26. The van der Waals surface area contributed by atoms with Crippen LogP contribution in [-0.4, -0.2) is 51.4 Å². The highest BCUT2D eigenvalue weighted by molar-refractivity contribution is 7.12. The molecule has 3 heterocycles. The first-order valence-electron chi connectivity index (χ1n) is 8.72. The molecule has 4 rings (SSSR count). The van der Waals surface area contributed by atoms with Gasteiger partial charge >= 0.3 is 0 Å². The molecule has 140 valence electrons. The van der Waals surface area contributed by atoms with Crippen LogP contribution in [0.25, 0.3) is 6.08 Å². The van der Waals surface area contributed by atoms with Crippen molar-refractivity contribution >= 4 is 28.7 Å². The van der Waals surface area contributed by atoms with E-state index in [1.54, 1.807) is 0 Å². The molecular formula is C19H22O5S2. The van der Waals surface area contributed by atoms with Gasteiger partial charge in [-0.1, -0.05) is 12.2 Å². The highest BCUT2D eigenvalue weighted by Gasteiger charge is 2.44. The van der Waals surface area contributed by atoms with Gasteiger partial charge in [-0.3, -0.25) is 0 Å². The molecule has 0 amide bonds. The van der Waals surface area contributed by atoms with Crippen molar-refractivity contribution in [3.8, 4) is 0 Å². The molecule has 2 aliphatic rings. The standard InChI is InChI=1S/C19H22O5S2/c20-8-13-16(21)17(22)18(23)19(24-13)15-6-10(9-25-15)5-12-7-11-3-1-2-4-14(11)26-12/h1,3,6-7,9,13,16-23H,2,4-5,8H2/t13?,16-,17?,18-,19+/m1/s1. The number of allylic oxidation sites excluding steroid dienone is 1. The van der Waals surface area contributed by atoms with E-state index in [0.717, 1.165) is 29.7 Å². The van der Waals surface area contributed by atoms with Gasteiger partial charge in [0.25, 0.3) is 0 Å². The summed E-state index contributed by atoms with van der Waals surface area (Å²) < 4.78 is 5.64. The molecule has 2 aromatic rings. The third kappa shape index (κ3) is 3.41. The van der Waals surface area contributed by atoms with Gasteiger partial charge in [0.1, 0.15) is 30.5 Å². The Kier molecular flexibility index (Phi) is 5.29. The zero-order valence-corrected chi connectivity index (χ0v) is 15.7. The summed E-state index contributed by atoms with van der Waals surface area (Å²) in [7, 11) is 0. The Hall–Kier alpha value is -1.06. The number of aliphatic hydroxyl groups excluding tert-OH is 4. The Morgan fingerprint density at radius 3 is 2.73 bits per heavy atom. The van der Waals surface area contributed by atoms with Gasteiger partial charge in [0.15, 0.2) is 0 Å². The van der Waals surface area contributed by atoms with E-state index in [0.29, 0.717) is 0 Å². The molecule has 0 saturated carbocycles. The van der Waals surface area contributed by atoms with E-state index >= 15 is 0 Å². The number of aryl methyl sites for hydroxylation is 1. The monoisotopic (exact) mass is 394 g/mol. The molecule has 2 aromatic heterocycles. The van der Waals surface area contributed by atoms with E-state index in [2.05, 4.69) is 18.2 Å². The number of aliphatic hydroxyl groups is 4. The minimum absolute atomic E-state index is 0.409. The van der Waals surface area contributed by atoms with Crippen LogP contribution in [0.4, 0.5) is 0 Å². The number of hydrogen-bond donors (Lipinski definition) is 4. The molecule has 0 spiro atoms. The summed E-state index contributed by atoms with van der Waals surface area (Å²) >= 11 is 3.31. The van der Waals surface area contributed by atoms with Crippen molar-refractivity contribution in [3.63, 3.8) is 0 Å². The zero-order chi connectivity index (χ0) is 18.3. The molecule has 5 nitrogen and oxygen atoms in total. The predicted octanol–water partition coefficient (Wildman–Crippen LogP) is 1.87. The molecule has 1 fully saturated rings. The van der Waals surface area contributed by atoms with E-state index in [9.17, 15) is 20.4 Å². The van der Waals surface area contributed by atoms with Crippen LogP contribution in [0.15, 0.2) is 23.6 Å². The molecule has 2 unspecified atom stereocenters. The molecule has 0 aromatic carbocycles. The third-order valence-electron chi connectivity index (χ3n) is 4.95. The molecule has 0 radical (unpaired) electrons. The Morgan fingerprint density at radius 2 is 1.96 bits per heavy atom. The largest absolute Gasteiger partial charge is 0.394 e. The highest BCUT2D eigenvalue weighted by atomic mass is 32.1. The maximum atomic E-state index is 10.3. The molecule has 5 atom stereocenters. The smallest absolute Gasteiger partial charge is 0.121 e. The second-order valence-corrected chi connectivity index (χ2v) is 8.98. The maximum Gasteiger partial charge on any atom is 0.121 e. The van der Waals surface area contributed by atoms with E-state index in [1.807, 2.05) is 22.8 Å². The van der Waals surface area contributed by atoms with Gasteiger partial charge in [-0.2, -0.15) is 0 Å². The summed E-state index contributed by atoms with van der Waals surface area (Å²) in [5.41, 5.74) is 2.45. The van der Waals surface area contributed by atoms with Gasteiger partial charge in [-0.25, -0.2) is 0 Å². The van der Waals surface area contributed by atoms with E-state index < -0.39 is 37.1 Å². The minimum atomic E-state index is -1.34. The fourth-order valence-electron chi connectivity index (χ4n) is 3.52. The zero-order valence-electron chi connectivity index (χ0n) is 14.1. The maximum absolute atomic E-state index is 10.3. The summed E-state index contributed by atoms with van der Waals surface area (Å²) in [6.07, 6.45) is 1.92. The van der Waals surface area contributed by atoms with Crippen molar-refractivity contribution < 1.29 is 25.2 Å². The molecule has 1 aliphatic carbocycles. The molecular weight excluding hydrogens is 372 g/mol. The number of hydrogen-bond acceptors (Lipinski definition) is 7. The summed E-state index contributed by atoms with van der Waals surface area (Å²) in [4.78, 5) is 3.53. The van der Waals surface area contributed by atoms with Crippen LogP contribution in [0, 0.1) is 0 Å². The molecule has 26 heavy (non-hydrogen) atoms. The minimum Gasteiger partial charge on any atom is -0.394 e. The van der Waals surface area contributed by atoms with Crippen molar-refractivity contribution in [2.45, 2.75) is 49.8 Å².